The molecule has 4 N–H and O–H groups in total. The Labute approximate surface area is 161 Å². The molecule has 1 unspecified atom stereocenters. The van der Waals surface area contributed by atoms with Gasteiger partial charge in [-0.3, -0.25) is 5.43 Å². The zero-order chi connectivity index (χ0) is 19.1. The molecule has 1 aliphatic carbocycles. The third kappa shape index (κ3) is 5.23. The van der Waals surface area contributed by atoms with Gasteiger partial charge in [0.1, 0.15) is 0 Å². The fourth-order valence-electron chi connectivity index (χ4n) is 3.92. The number of hydrazine groups is 1. The Morgan fingerprint density at radius 2 is 2.15 bits per heavy atom. The minimum atomic E-state index is -0.0127. The number of phenols is 2. The highest BCUT2D eigenvalue weighted by molar-refractivity contribution is 5.50. The molecule has 0 aliphatic heterocycles. The number of aromatic amines is 1. The zero-order valence-electron chi connectivity index (χ0n) is 16.2. The molecule has 0 saturated carbocycles. The second-order valence-electron chi connectivity index (χ2n) is 7.46. The average Bonchev–Trinajstić information content (AvgIpc) is 3.20. The fraction of sp³-hybridized carbons (Fsp3) is 0.571. The Morgan fingerprint density at radius 3 is 2.93 bits per heavy atom. The Balaban J connectivity index is 1.61. The number of H-pyrrole nitrogens is 1. The number of nitrogens with zero attached hydrogens (tertiary/aromatic N) is 2. The summed E-state index contributed by atoms with van der Waals surface area (Å²) in [5, 5.41) is 22.3. The molecule has 1 atom stereocenters. The minimum absolute atomic E-state index is 0.0127. The van der Waals surface area contributed by atoms with Gasteiger partial charge in [-0.15, -0.1) is 0 Å². The van der Waals surface area contributed by atoms with Crippen LogP contribution in [0.15, 0.2) is 24.7 Å². The van der Waals surface area contributed by atoms with Crippen molar-refractivity contribution in [3.63, 3.8) is 0 Å². The molecule has 1 aromatic carbocycles. The molecule has 1 aromatic heterocycles. The van der Waals surface area contributed by atoms with Crippen LogP contribution in [0.25, 0.3) is 0 Å². The third-order valence-electron chi connectivity index (χ3n) is 5.50. The summed E-state index contributed by atoms with van der Waals surface area (Å²) in [4.78, 5) is 7.23. The van der Waals surface area contributed by atoms with E-state index in [2.05, 4.69) is 27.3 Å². The van der Waals surface area contributed by atoms with E-state index in [-0.39, 0.29) is 11.5 Å². The van der Waals surface area contributed by atoms with E-state index >= 15 is 0 Å². The molecule has 6 heteroatoms. The molecule has 2 aromatic rings. The maximum atomic E-state index is 10.1. The first kappa shape index (κ1) is 19.7. The van der Waals surface area contributed by atoms with E-state index in [4.69, 9.17) is 0 Å². The largest absolute Gasteiger partial charge is 0.504 e. The average molecular weight is 373 g/mol. The van der Waals surface area contributed by atoms with E-state index in [1.807, 2.05) is 12.3 Å². The topological polar surface area (TPSA) is 84.4 Å². The van der Waals surface area contributed by atoms with Crippen LogP contribution in [-0.4, -0.2) is 44.3 Å². The van der Waals surface area contributed by atoms with Gasteiger partial charge in [0, 0.05) is 43.0 Å². The third-order valence-corrected chi connectivity index (χ3v) is 5.50. The maximum absolute atomic E-state index is 10.1. The molecule has 0 amide bonds. The van der Waals surface area contributed by atoms with Gasteiger partial charge in [0.25, 0.3) is 0 Å². The monoisotopic (exact) mass is 372 g/mol. The number of aromatic hydroxyl groups is 2. The van der Waals surface area contributed by atoms with Gasteiger partial charge >= 0.3 is 0 Å². The van der Waals surface area contributed by atoms with E-state index in [0.717, 1.165) is 55.6 Å². The molecule has 0 radical (unpaired) electrons. The molecule has 148 valence electrons. The molecule has 1 aliphatic rings. The summed E-state index contributed by atoms with van der Waals surface area (Å²) in [6, 6.07) is 3.97. The van der Waals surface area contributed by atoms with Crippen LogP contribution in [0.1, 0.15) is 55.8 Å². The van der Waals surface area contributed by atoms with E-state index in [0.29, 0.717) is 6.04 Å². The summed E-state index contributed by atoms with van der Waals surface area (Å²) in [6.45, 7) is 4.15. The van der Waals surface area contributed by atoms with Gasteiger partial charge in [0.15, 0.2) is 11.5 Å². The SMILES string of the molecule is CCCCCCN(NCCc1cnc[nH]1)C1CCc2c(ccc(O)c2O)C1. The van der Waals surface area contributed by atoms with Crippen molar-refractivity contribution in [2.45, 2.75) is 64.3 Å². The summed E-state index contributed by atoms with van der Waals surface area (Å²) < 4.78 is 0. The molecule has 6 nitrogen and oxygen atoms in total. The first-order chi connectivity index (χ1) is 13.2. The van der Waals surface area contributed by atoms with Crippen LogP contribution < -0.4 is 5.43 Å². The van der Waals surface area contributed by atoms with E-state index in [1.165, 1.54) is 25.7 Å². The Morgan fingerprint density at radius 1 is 1.26 bits per heavy atom. The lowest BCUT2D eigenvalue weighted by Gasteiger charge is -2.36. The van der Waals surface area contributed by atoms with Gasteiger partial charge in [0.05, 0.1) is 6.33 Å². The van der Waals surface area contributed by atoms with Crippen molar-refractivity contribution in [1.29, 1.82) is 0 Å². The van der Waals surface area contributed by atoms with Crippen LogP contribution in [0.3, 0.4) is 0 Å². The molecule has 1 heterocycles. The van der Waals surface area contributed by atoms with Crippen molar-refractivity contribution in [1.82, 2.24) is 20.4 Å². The van der Waals surface area contributed by atoms with Gasteiger partial charge in [0.2, 0.25) is 0 Å². The zero-order valence-corrected chi connectivity index (χ0v) is 16.2. The number of unbranched alkanes of at least 4 members (excludes halogenated alkanes) is 3. The number of hydrogen-bond acceptors (Lipinski definition) is 5. The molecular weight excluding hydrogens is 340 g/mol. The Hall–Kier alpha value is -2.05. The molecule has 27 heavy (non-hydrogen) atoms. The predicted molar refractivity (Wildman–Crippen MR) is 107 cm³/mol. The minimum Gasteiger partial charge on any atom is -0.504 e. The summed E-state index contributed by atoms with van der Waals surface area (Å²) in [7, 11) is 0. The predicted octanol–water partition coefficient (Wildman–Crippen LogP) is 3.31. The lowest BCUT2D eigenvalue weighted by atomic mass is 9.87. The summed E-state index contributed by atoms with van der Waals surface area (Å²) in [5.41, 5.74) is 6.84. The molecule has 0 fully saturated rings. The highest BCUT2D eigenvalue weighted by atomic mass is 16.3. The van der Waals surface area contributed by atoms with Crippen molar-refractivity contribution in [2.75, 3.05) is 13.1 Å². The van der Waals surface area contributed by atoms with Crippen molar-refractivity contribution in [3.05, 3.63) is 41.5 Å². The number of imidazole rings is 1. The highest BCUT2D eigenvalue weighted by Gasteiger charge is 2.26. The summed E-state index contributed by atoms with van der Waals surface area (Å²) in [5.74, 6) is 0.0500. The van der Waals surface area contributed by atoms with E-state index in [1.54, 1.807) is 12.4 Å². The maximum Gasteiger partial charge on any atom is 0.160 e. The number of fused-ring (bicyclic) bond motifs is 1. The van der Waals surface area contributed by atoms with E-state index < -0.39 is 0 Å². The molecule has 3 rings (SSSR count). The number of rotatable bonds is 10. The first-order valence-corrected chi connectivity index (χ1v) is 10.2. The molecule has 0 spiro atoms. The van der Waals surface area contributed by atoms with Crippen LogP contribution in [0.4, 0.5) is 0 Å². The number of hydrogen-bond donors (Lipinski definition) is 4. The Bertz CT molecular complexity index is 702. The van der Waals surface area contributed by atoms with Crippen molar-refractivity contribution < 1.29 is 10.2 Å². The number of benzene rings is 1. The second kappa shape index (κ2) is 9.76. The lowest BCUT2D eigenvalue weighted by molar-refractivity contribution is 0.109. The van der Waals surface area contributed by atoms with Crippen LogP contribution >= 0.6 is 0 Å². The van der Waals surface area contributed by atoms with Crippen LogP contribution in [-0.2, 0) is 19.3 Å². The number of nitrogens with one attached hydrogen (secondary N) is 2. The fourth-order valence-corrected chi connectivity index (χ4v) is 3.92. The van der Waals surface area contributed by atoms with Crippen LogP contribution in [0.5, 0.6) is 11.5 Å². The summed E-state index contributed by atoms with van der Waals surface area (Å²) in [6.07, 6.45) is 12.2. The van der Waals surface area contributed by atoms with Crippen LogP contribution in [0.2, 0.25) is 0 Å². The van der Waals surface area contributed by atoms with E-state index in [9.17, 15) is 10.2 Å². The van der Waals surface area contributed by atoms with Gasteiger partial charge in [-0.25, -0.2) is 9.99 Å². The summed E-state index contributed by atoms with van der Waals surface area (Å²) >= 11 is 0. The van der Waals surface area contributed by atoms with Crippen molar-refractivity contribution in [2.24, 2.45) is 0 Å². The van der Waals surface area contributed by atoms with Gasteiger partial charge < -0.3 is 15.2 Å². The first-order valence-electron chi connectivity index (χ1n) is 10.2. The van der Waals surface area contributed by atoms with Crippen LogP contribution in [0, 0.1) is 0 Å². The molecule has 0 bridgehead atoms. The highest BCUT2D eigenvalue weighted by Crippen LogP contribution is 2.36. The Kier molecular flexibility index (Phi) is 7.12. The number of phenolic OH excluding ortho intramolecular Hbond substituents is 2. The standard InChI is InChI=1S/C21H32N4O2/c1-2-3-4-5-12-25(24-11-10-17-14-22-15-23-17)18-7-8-19-16(13-18)6-9-20(26)21(19)27/h6,9,14-15,18,24,26-27H,2-5,7-8,10-13H2,1H3,(H,22,23). The molecule has 0 saturated heterocycles. The molecular formula is C21H32N4O2. The normalized spacial score (nSPS) is 16.6. The van der Waals surface area contributed by atoms with Crippen molar-refractivity contribution in [3.8, 4) is 11.5 Å². The van der Waals surface area contributed by atoms with Gasteiger partial charge in [-0.05, 0) is 37.3 Å². The smallest absolute Gasteiger partial charge is 0.160 e. The van der Waals surface area contributed by atoms with Crippen molar-refractivity contribution >= 4 is 0 Å². The van der Waals surface area contributed by atoms with Gasteiger partial charge in [-0.2, -0.15) is 0 Å². The lowest BCUT2D eigenvalue weighted by Crippen LogP contribution is -2.49. The number of aromatic nitrogens is 2. The second-order valence-corrected chi connectivity index (χ2v) is 7.46. The quantitative estimate of drug-likeness (QED) is 0.292. The van der Waals surface area contributed by atoms with Gasteiger partial charge in [-0.1, -0.05) is 32.3 Å².